The predicted molar refractivity (Wildman–Crippen MR) is 55.6 cm³/mol. The lowest BCUT2D eigenvalue weighted by Crippen LogP contribution is -2.45. The molecule has 1 fully saturated rings. The van der Waals surface area contributed by atoms with Crippen molar-refractivity contribution < 1.29 is 4.74 Å². The largest absolute Gasteiger partial charge is 0.374 e. The summed E-state index contributed by atoms with van der Waals surface area (Å²) in [5.74, 6) is 0.975. The maximum Gasteiger partial charge on any atom is 0.0776 e. The molecule has 1 aliphatic rings. The summed E-state index contributed by atoms with van der Waals surface area (Å²) in [6.07, 6.45) is 5.24. The van der Waals surface area contributed by atoms with E-state index in [2.05, 4.69) is 13.8 Å². The van der Waals surface area contributed by atoms with Gasteiger partial charge in [-0.15, -0.1) is 0 Å². The summed E-state index contributed by atoms with van der Waals surface area (Å²) in [5, 5.41) is 0. The Hall–Kier alpha value is -0.0800. The summed E-state index contributed by atoms with van der Waals surface area (Å²) >= 11 is 0. The Morgan fingerprint density at radius 1 is 1.46 bits per heavy atom. The molecule has 0 amide bonds. The van der Waals surface area contributed by atoms with Gasteiger partial charge in [0.05, 0.1) is 5.60 Å². The monoisotopic (exact) mass is 185 g/mol. The molecular formula is C11H23NO. The highest BCUT2D eigenvalue weighted by Crippen LogP contribution is 2.34. The third-order valence-corrected chi connectivity index (χ3v) is 2.99. The zero-order chi connectivity index (χ0) is 9.90. The van der Waals surface area contributed by atoms with Gasteiger partial charge in [0.2, 0.25) is 0 Å². The number of nitrogens with two attached hydrogens (primary N) is 1. The van der Waals surface area contributed by atoms with Crippen molar-refractivity contribution in [1.82, 2.24) is 0 Å². The van der Waals surface area contributed by atoms with Crippen LogP contribution in [0.3, 0.4) is 0 Å². The van der Waals surface area contributed by atoms with Crippen molar-refractivity contribution in [3.8, 4) is 0 Å². The highest BCUT2D eigenvalue weighted by Gasteiger charge is 2.29. The van der Waals surface area contributed by atoms with Crippen LogP contribution in [0.5, 0.6) is 0 Å². The lowest BCUT2D eigenvalue weighted by atomic mass is 9.94. The van der Waals surface area contributed by atoms with Crippen LogP contribution in [0.2, 0.25) is 0 Å². The van der Waals surface area contributed by atoms with E-state index in [-0.39, 0.29) is 11.6 Å². The summed E-state index contributed by atoms with van der Waals surface area (Å²) < 4.78 is 5.62. The molecule has 0 radical (unpaired) electrons. The smallest absolute Gasteiger partial charge is 0.0776 e. The van der Waals surface area contributed by atoms with Gasteiger partial charge in [-0.25, -0.2) is 0 Å². The summed E-state index contributed by atoms with van der Waals surface area (Å²) in [7, 11) is 0. The normalized spacial score (nSPS) is 20.3. The fraction of sp³-hybridized carbons (Fsp3) is 1.00. The second-order valence-corrected chi connectivity index (χ2v) is 4.66. The van der Waals surface area contributed by atoms with Gasteiger partial charge in [0.1, 0.15) is 0 Å². The first-order valence-corrected chi connectivity index (χ1v) is 5.45. The second-order valence-electron chi connectivity index (χ2n) is 4.66. The SMILES string of the molecule is CCOC(C)(C)C(N)CCC1CC1. The molecule has 1 saturated carbocycles. The van der Waals surface area contributed by atoms with E-state index in [0.717, 1.165) is 18.9 Å². The molecule has 13 heavy (non-hydrogen) atoms. The molecule has 2 N–H and O–H groups in total. The Morgan fingerprint density at radius 3 is 2.54 bits per heavy atom. The van der Waals surface area contributed by atoms with Crippen molar-refractivity contribution in [2.45, 2.75) is 58.1 Å². The Kier molecular flexibility index (Phi) is 3.74. The van der Waals surface area contributed by atoms with Gasteiger partial charge in [0.25, 0.3) is 0 Å². The van der Waals surface area contributed by atoms with Crippen LogP contribution in [0.4, 0.5) is 0 Å². The van der Waals surface area contributed by atoms with Crippen LogP contribution in [-0.4, -0.2) is 18.2 Å². The molecule has 78 valence electrons. The zero-order valence-electron chi connectivity index (χ0n) is 9.18. The van der Waals surface area contributed by atoms with Gasteiger partial charge in [-0.3, -0.25) is 0 Å². The summed E-state index contributed by atoms with van der Waals surface area (Å²) in [6, 6.07) is 0.188. The first kappa shape index (κ1) is 11.0. The average Bonchev–Trinajstić information content (AvgIpc) is 2.83. The fourth-order valence-corrected chi connectivity index (χ4v) is 1.65. The maximum atomic E-state index is 6.09. The van der Waals surface area contributed by atoms with E-state index < -0.39 is 0 Å². The van der Waals surface area contributed by atoms with Crippen LogP contribution in [0, 0.1) is 5.92 Å². The van der Waals surface area contributed by atoms with E-state index >= 15 is 0 Å². The Labute approximate surface area is 81.8 Å². The van der Waals surface area contributed by atoms with Crippen LogP contribution in [0.1, 0.15) is 46.5 Å². The molecule has 0 heterocycles. The molecule has 0 aromatic rings. The zero-order valence-corrected chi connectivity index (χ0v) is 9.18. The Balaban J connectivity index is 2.21. The molecule has 0 spiro atoms. The van der Waals surface area contributed by atoms with Crippen LogP contribution < -0.4 is 5.73 Å². The summed E-state index contributed by atoms with van der Waals surface area (Å²) in [5.41, 5.74) is 5.94. The van der Waals surface area contributed by atoms with Crippen molar-refractivity contribution in [3.05, 3.63) is 0 Å². The van der Waals surface area contributed by atoms with Crippen LogP contribution >= 0.6 is 0 Å². The third-order valence-electron chi connectivity index (χ3n) is 2.99. The molecule has 2 nitrogen and oxygen atoms in total. The van der Waals surface area contributed by atoms with Gasteiger partial charge in [0, 0.05) is 12.6 Å². The van der Waals surface area contributed by atoms with E-state index in [1.165, 1.54) is 19.3 Å². The second kappa shape index (κ2) is 4.43. The quantitative estimate of drug-likeness (QED) is 0.689. The van der Waals surface area contributed by atoms with Crippen LogP contribution in [-0.2, 0) is 4.74 Å². The van der Waals surface area contributed by atoms with Gasteiger partial charge in [-0.05, 0) is 39.5 Å². The molecule has 1 unspecified atom stereocenters. The first-order chi connectivity index (χ1) is 6.06. The van der Waals surface area contributed by atoms with Gasteiger partial charge >= 0.3 is 0 Å². The lowest BCUT2D eigenvalue weighted by molar-refractivity contribution is -0.0313. The lowest BCUT2D eigenvalue weighted by Gasteiger charge is -2.31. The Bertz CT molecular complexity index is 152. The molecule has 2 heteroatoms. The summed E-state index contributed by atoms with van der Waals surface area (Å²) in [4.78, 5) is 0. The van der Waals surface area contributed by atoms with Crippen molar-refractivity contribution in [1.29, 1.82) is 0 Å². The van der Waals surface area contributed by atoms with E-state index in [9.17, 15) is 0 Å². The van der Waals surface area contributed by atoms with Crippen LogP contribution in [0.15, 0.2) is 0 Å². The number of ether oxygens (including phenoxy) is 1. The fourth-order valence-electron chi connectivity index (χ4n) is 1.65. The van der Waals surface area contributed by atoms with Gasteiger partial charge in [-0.2, -0.15) is 0 Å². The standard InChI is InChI=1S/C11H23NO/c1-4-13-11(2,3)10(12)8-7-9-5-6-9/h9-10H,4-8,12H2,1-3H3. The minimum absolute atomic E-state index is 0.149. The minimum atomic E-state index is -0.149. The summed E-state index contributed by atoms with van der Waals surface area (Å²) in [6.45, 7) is 6.96. The molecular weight excluding hydrogens is 162 g/mol. The molecule has 0 aromatic heterocycles. The number of hydrogen-bond donors (Lipinski definition) is 1. The van der Waals surface area contributed by atoms with E-state index in [1.807, 2.05) is 6.92 Å². The van der Waals surface area contributed by atoms with E-state index in [1.54, 1.807) is 0 Å². The molecule has 0 aromatic carbocycles. The average molecular weight is 185 g/mol. The minimum Gasteiger partial charge on any atom is -0.374 e. The molecule has 1 aliphatic carbocycles. The Morgan fingerprint density at radius 2 is 2.08 bits per heavy atom. The molecule has 0 aliphatic heterocycles. The van der Waals surface area contributed by atoms with Crippen molar-refractivity contribution in [2.75, 3.05) is 6.61 Å². The molecule has 0 bridgehead atoms. The van der Waals surface area contributed by atoms with Gasteiger partial charge in [0.15, 0.2) is 0 Å². The topological polar surface area (TPSA) is 35.2 Å². The highest BCUT2D eigenvalue weighted by atomic mass is 16.5. The first-order valence-electron chi connectivity index (χ1n) is 5.45. The molecule has 1 rings (SSSR count). The maximum absolute atomic E-state index is 6.09. The third kappa shape index (κ3) is 3.65. The van der Waals surface area contributed by atoms with Crippen molar-refractivity contribution >= 4 is 0 Å². The molecule has 1 atom stereocenters. The van der Waals surface area contributed by atoms with Gasteiger partial charge < -0.3 is 10.5 Å². The van der Waals surface area contributed by atoms with Gasteiger partial charge in [-0.1, -0.05) is 12.8 Å². The van der Waals surface area contributed by atoms with E-state index in [0.29, 0.717) is 0 Å². The molecule has 0 saturated heterocycles. The van der Waals surface area contributed by atoms with Crippen LogP contribution in [0.25, 0.3) is 0 Å². The van der Waals surface area contributed by atoms with Crippen molar-refractivity contribution in [2.24, 2.45) is 11.7 Å². The van der Waals surface area contributed by atoms with Crippen molar-refractivity contribution in [3.63, 3.8) is 0 Å². The predicted octanol–water partition coefficient (Wildman–Crippen LogP) is 2.32. The van der Waals surface area contributed by atoms with E-state index in [4.69, 9.17) is 10.5 Å². The number of hydrogen-bond acceptors (Lipinski definition) is 2. The number of rotatable bonds is 6. The highest BCUT2D eigenvalue weighted by molar-refractivity contribution is 4.85.